The van der Waals surface area contributed by atoms with Crippen molar-refractivity contribution in [2.45, 2.75) is 44.3 Å². The lowest BCUT2D eigenvalue weighted by atomic mass is 9.81. The number of anilines is 1. The first-order valence-corrected chi connectivity index (χ1v) is 12.6. The molecule has 12 nitrogen and oxygen atoms in total. The second-order valence-corrected chi connectivity index (χ2v) is 10.4. The molecular formula is C22H27ClN8O4S. The highest BCUT2D eigenvalue weighted by Gasteiger charge is 2.37. The van der Waals surface area contributed by atoms with Gasteiger partial charge in [0.15, 0.2) is 5.01 Å². The van der Waals surface area contributed by atoms with Gasteiger partial charge in [-0.2, -0.15) is 0 Å². The third kappa shape index (κ3) is 6.16. The fraction of sp³-hybridized carbons (Fsp3) is 0.455. The van der Waals surface area contributed by atoms with Gasteiger partial charge in [0.05, 0.1) is 16.8 Å². The number of amides is 4. The van der Waals surface area contributed by atoms with E-state index in [1.165, 1.54) is 29.7 Å². The Morgan fingerprint density at radius 2 is 1.94 bits per heavy atom. The van der Waals surface area contributed by atoms with Gasteiger partial charge in [-0.15, -0.1) is 11.3 Å². The molecule has 1 aliphatic carbocycles. The number of hydrazine groups is 1. The molecule has 1 fully saturated rings. The first-order chi connectivity index (χ1) is 17.2. The third-order valence-electron chi connectivity index (χ3n) is 6.29. The molecule has 14 heteroatoms. The van der Waals surface area contributed by atoms with E-state index in [9.17, 15) is 19.2 Å². The molecule has 6 N–H and O–H groups in total. The van der Waals surface area contributed by atoms with Gasteiger partial charge in [-0.1, -0.05) is 11.6 Å². The second-order valence-electron chi connectivity index (χ2n) is 8.87. The van der Waals surface area contributed by atoms with Crippen LogP contribution in [0.5, 0.6) is 0 Å². The van der Waals surface area contributed by atoms with E-state index in [-0.39, 0.29) is 24.1 Å². The highest BCUT2D eigenvalue weighted by atomic mass is 35.5. The number of carbonyl (C=O) groups excluding carboxylic acids is 4. The molecule has 4 amide bonds. The monoisotopic (exact) mass is 534 g/mol. The lowest BCUT2D eigenvalue weighted by Crippen LogP contribution is -2.57. The van der Waals surface area contributed by atoms with Crippen molar-refractivity contribution < 1.29 is 19.2 Å². The zero-order valence-electron chi connectivity index (χ0n) is 19.5. The minimum atomic E-state index is -0.909. The van der Waals surface area contributed by atoms with E-state index in [1.807, 2.05) is 7.05 Å². The van der Waals surface area contributed by atoms with Crippen LogP contribution >= 0.6 is 22.9 Å². The normalized spacial score (nSPS) is 21.7. The summed E-state index contributed by atoms with van der Waals surface area (Å²) in [6.07, 6.45) is 3.15. The van der Waals surface area contributed by atoms with Crippen LogP contribution in [0.3, 0.4) is 0 Å². The average Bonchev–Trinajstić information content (AvgIpc) is 3.29. The number of hydrogen-bond donors (Lipinski definition) is 5. The molecule has 1 aliphatic heterocycles. The minimum Gasteiger partial charge on any atom is -0.345 e. The maximum Gasteiger partial charge on any atom is 0.314 e. The van der Waals surface area contributed by atoms with Crippen LogP contribution in [0.2, 0.25) is 5.02 Å². The molecule has 0 aromatic carbocycles. The summed E-state index contributed by atoms with van der Waals surface area (Å²) in [5.74, 6) is 2.51. The predicted molar refractivity (Wildman–Crippen MR) is 133 cm³/mol. The number of likely N-dealkylation sites (N-methyl/N-ethyl adjacent to an activating group) is 1. The van der Waals surface area contributed by atoms with Crippen LogP contribution in [-0.2, 0) is 27.3 Å². The Hall–Kier alpha value is -3.13. The van der Waals surface area contributed by atoms with Gasteiger partial charge in [-0.05, 0) is 38.4 Å². The van der Waals surface area contributed by atoms with E-state index >= 15 is 0 Å². The molecular weight excluding hydrogens is 508 g/mol. The topological polar surface area (TPSA) is 171 Å². The fourth-order valence-electron chi connectivity index (χ4n) is 4.37. The van der Waals surface area contributed by atoms with E-state index in [0.717, 1.165) is 30.1 Å². The zero-order chi connectivity index (χ0) is 25.8. The predicted octanol–water partition coefficient (Wildman–Crippen LogP) is 0.191. The second kappa shape index (κ2) is 11.3. The molecule has 0 unspecified atom stereocenters. The van der Waals surface area contributed by atoms with Crippen LogP contribution < -0.4 is 27.2 Å². The first-order valence-electron chi connectivity index (χ1n) is 11.4. The van der Waals surface area contributed by atoms with Gasteiger partial charge in [0.25, 0.3) is 5.91 Å². The zero-order valence-corrected chi connectivity index (χ0v) is 21.1. The van der Waals surface area contributed by atoms with Crippen LogP contribution in [0.1, 0.15) is 39.6 Å². The summed E-state index contributed by atoms with van der Waals surface area (Å²) in [6, 6.07) is 1.82. The van der Waals surface area contributed by atoms with Gasteiger partial charge in [0, 0.05) is 42.5 Å². The summed E-state index contributed by atoms with van der Waals surface area (Å²) in [5, 5.41) is 8.73. The van der Waals surface area contributed by atoms with Crippen LogP contribution in [0, 0.1) is 5.92 Å². The van der Waals surface area contributed by atoms with Crippen molar-refractivity contribution in [1.82, 2.24) is 30.9 Å². The number of carbonyl (C=O) groups is 4. The highest BCUT2D eigenvalue weighted by molar-refractivity contribution is 7.13. The van der Waals surface area contributed by atoms with E-state index in [4.69, 9.17) is 17.4 Å². The number of fused-ring (bicyclic) bond motifs is 1. The summed E-state index contributed by atoms with van der Waals surface area (Å²) >= 11 is 7.13. The number of aromatic nitrogens is 2. The van der Waals surface area contributed by atoms with E-state index < -0.39 is 29.8 Å². The number of halogens is 1. The maximum atomic E-state index is 13.1. The van der Waals surface area contributed by atoms with Crippen molar-refractivity contribution in [2.75, 3.05) is 18.9 Å². The quantitative estimate of drug-likeness (QED) is 0.156. The molecule has 2 aromatic rings. The standard InChI is InChI=1S/C22H27ClN8O4S/c1-31-7-6-14-16(10-31)36-22(28-14)21(35)27-15-8-11(18(32)30-24)2-4-13(15)26-19(33)20(34)29-17-5-3-12(23)9-25-17/h3,5,9,11,13,15H,2,4,6-8,10,24H2,1H3,(H,26,33)(H,27,35)(H,30,32)(H,25,29,34)/t11-,13-,15+/m0/s1. The van der Waals surface area contributed by atoms with Gasteiger partial charge < -0.3 is 20.9 Å². The first kappa shape index (κ1) is 25.9. The lowest BCUT2D eigenvalue weighted by Gasteiger charge is -2.36. The Labute approximate surface area is 216 Å². The van der Waals surface area contributed by atoms with Crippen molar-refractivity contribution in [3.63, 3.8) is 0 Å². The number of nitrogens with zero attached hydrogens (tertiary/aromatic N) is 3. The molecule has 0 bridgehead atoms. The van der Waals surface area contributed by atoms with Crippen molar-refractivity contribution in [2.24, 2.45) is 11.8 Å². The number of pyridine rings is 1. The fourth-order valence-corrected chi connectivity index (χ4v) is 5.57. The van der Waals surface area contributed by atoms with Crippen LogP contribution in [0.25, 0.3) is 0 Å². The molecule has 0 spiro atoms. The number of rotatable bonds is 5. The molecule has 192 valence electrons. The van der Waals surface area contributed by atoms with Crippen LogP contribution in [0.4, 0.5) is 5.82 Å². The lowest BCUT2D eigenvalue weighted by molar-refractivity contribution is -0.137. The molecule has 4 rings (SSSR count). The smallest absolute Gasteiger partial charge is 0.314 e. The molecule has 3 heterocycles. The number of nitrogens with one attached hydrogen (secondary N) is 4. The van der Waals surface area contributed by atoms with E-state index in [0.29, 0.717) is 22.9 Å². The van der Waals surface area contributed by atoms with Gasteiger partial charge in [0.1, 0.15) is 5.82 Å². The molecule has 0 saturated heterocycles. The maximum absolute atomic E-state index is 13.1. The Morgan fingerprint density at radius 1 is 1.14 bits per heavy atom. The number of thiazole rings is 1. The Kier molecular flexibility index (Phi) is 8.14. The van der Waals surface area contributed by atoms with Crippen molar-refractivity contribution in [1.29, 1.82) is 0 Å². The number of nitrogens with two attached hydrogens (primary N) is 1. The third-order valence-corrected chi connectivity index (χ3v) is 7.59. The van der Waals surface area contributed by atoms with Gasteiger partial charge in [0.2, 0.25) is 5.91 Å². The molecule has 2 aromatic heterocycles. The van der Waals surface area contributed by atoms with Crippen LogP contribution in [-0.4, -0.2) is 64.2 Å². The molecule has 2 aliphatic rings. The summed E-state index contributed by atoms with van der Waals surface area (Å²) in [7, 11) is 2.01. The van der Waals surface area contributed by atoms with Gasteiger partial charge in [-0.25, -0.2) is 15.8 Å². The highest BCUT2D eigenvalue weighted by Crippen LogP contribution is 2.27. The van der Waals surface area contributed by atoms with Crippen molar-refractivity contribution in [3.8, 4) is 0 Å². The van der Waals surface area contributed by atoms with Crippen molar-refractivity contribution in [3.05, 3.63) is 38.9 Å². The van der Waals surface area contributed by atoms with Gasteiger partial charge >= 0.3 is 11.8 Å². The summed E-state index contributed by atoms with van der Waals surface area (Å²) < 4.78 is 0. The van der Waals surface area contributed by atoms with E-state index in [2.05, 4.69) is 36.2 Å². The summed E-state index contributed by atoms with van der Waals surface area (Å²) in [4.78, 5) is 61.9. The largest absolute Gasteiger partial charge is 0.345 e. The SMILES string of the molecule is CN1CCc2nc(C(=O)N[C@@H]3C[C@@H](C(=O)NN)CC[C@@H]3NC(=O)C(=O)Nc3ccc(Cl)cn3)sc2C1. The van der Waals surface area contributed by atoms with E-state index in [1.54, 1.807) is 0 Å². The van der Waals surface area contributed by atoms with Crippen molar-refractivity contribution >= 4 is 52.4 Å². The molecule has 1 saturated carbocycles. The molecule has 3 atom stereocenters. The Balaban J connectivity index is 1.44. The Morgan fingerprint density at radius 3 is 2.67 bits per heavy atom. The number of hydrogen-bond acceptors (Lipinski definition) is 9. The Bertz CT molecular complexity index is 1160. The molecule has 0 radical (unpaired) electrons. The summed E-state index contributed by atoms with van der Waals surface area (Å²) in [5.41, 5.74) is 3.07. The van der Waals surface area contributed by atoms with Crippen LogP contribution in [0.15, 0.2) is 18.3 Å². The van der Waals surface area contributed by atoms with Gasteiger partial charge in [-0.3, -0.25) is 24.6 Å². The average molecular weight is 535 g/mol. The minimum absolute atomic E-state index is 0.172. The molecule has 36 heavy (non-hydrogen) atoms. The summed E-state index contributed by atoms with van der Waals surface area (Å²) in [6.45, 7) is 1.61.